The van der Waals surface area contributed by atoms with Crippen LogP contribution < -0.4 is 4.72 Å². The molecule has 1 aromatic rings. The highest BCUT2D eigenvalue weighted by atomic mass is 35.5. The van der Waals surface area contributed by atoms with Crippen molar-refractivity contribution in [3.8, 4) is 0 Å². The third-order valence-electron chi connectivity index (χ3n) is 2.21. The van der Waals surface area contributed by atoms with Gasteiger partial charge < -0.3 is 0 Å². The molecule has 98 valence electrons. The molecular formula is C10H18ClN3O2S. The Balaban J connectivity index is 2.21. The van der Waals surface area contributed by atoms with Crippen LogP contribution in [0.5, 0.6) is 0 Å². The topological polar surface area (TPSA) is 64.0 Å². The molecule has 0 saturated heterocycles. The van der Waals surface area contributed by atoms with Crippen molar-refractivity contribution in [2.24, 2.45) is 5.92 Å². The van der Waals surface area contributed by atoms with Crippen LogP contribution in [0.3, 0.4) is 0 Å². The van der Waals surface area contributed by atoms with Gasteiger partial charge in [-0.15, -0.1) is 11.6 Å². The molecule has 0 amide bonds. The number of hydrogen-bond acceptors (Lipinski definition) is 3. The van der Waals surface area contributed by atoms with E-state index >= 15 is 0 Å². The summed E-state index contributed by atoms with van der Waals surface area (Å²) in [4.78, 5) is 0. The molecule has 0 aromatic carbocycles. The molecule has 5 nitrogen and oxygen atoms in total. The predicted octanol–water partition coefficient (Wildman–Crippen LogP) is 1.07. The van der Waals surface area contributed by atoms with E-state index < -0.39 is 10.0 Å². The van der Waals surface area contributed by atoms with Gasteiger partial charge in [-0.3, -0.25) is 4.68 Å². The molecule has 1 atom stereocenters. The van der Waals surface area contributed by atoms with Crippen molar-refractivity contribution in [3.05, 3.63) is 18.5 Å². The maximum atomic E-state index is 11.6. The standard InChI is InChI=1S/C10H18ClN3O2S/c1-10(8-11)9-17(15,16)13-5-3-7-14-6-2-4-12-14/h2,4,6,10,13H,3,5,7-9H2,1H3. The predicted molar refractivity (Wildman–Crippen MR) is 68.5 cm³/mol. The zero-order chi connectivity index (χ0) is 12.7. The first-order valence-electron chi connectivity index (χ1n) is 5.54. The number of aryl methyl sites for hydroxylation is 1. The van der Waals surface area contributed by atoms with Crippen LogP contribution in [-0.4, -0.2) is 36.4 Å². The molecule has 1 aromatic heterocycles. The summed E-state index contributed by atoms with van der Waals surface area (Å²) in [7, 11) is -3.20. The summed E-state index contributed by atoms with van der Waals surface area (Å²) in [5.41, 5.74) is 0. The lowest BCUT2D eigenvalue weighted by atomic mass is 10.3. The van der Waals surface area contributed by atoms with Gasteiger partial charge in [0.15, 0.2) is 0 Å². The first-order valence-corrected chi connectivity index (χ1v) is 7.73. The Labute approximate surface area is 107 Å². The molecule has 0 spiro atoms. The van der Waals surface area contributed by atoms with Gasteiger partial charge in [0.1, 0.15) is 0 Å². The molecule has 0 bridgehead atoms. The minimum absolute atomic E-state index is 0.0275. The number of sulfonamides is 1. The molecular weight excluding hydrogens is 262 g/mol. The van der Waals surface area contributed by atoms with Crippen LogP contribution in [0.4, 0.5) is 0 Å². The average Bonchev–Trinajstić information content (AvgIpc) is 2.76. The van der Waals surface area contributed by atoms with E-state index in [1.54, 1.807) is 10.9 Å². The number of hydrogen-bond donors (Lipinski definition) is 1. The van der Waals surface area contributed by atoms with Gasteiger partial charge in [-0.1, -0.05) is 6.92 Å². The Morgan fingerprint density at radius 3 is 2.88 bits per heavy atom. The summed E-state index contributed by atoms with van der Waals surface area (Å²) in [6.45, 7) is 2.95. The second-order valence-corrected chi connectivity index (χ2v) is 6.22. The third-order valence-corrected chi connectivity index (χ3v) is 4.39. The highest BCUT2D eigenvalue weighted by Gasteiger charge is 2.13. The molecule has 17 heavy (non-hydrogen) atoms. The van der Waals surface area contributed by atoms with Crippen molar-refractivity contribution in [2.45, 2.75) is 19.9 Å². The average molecular weight is 280 g/mol. The van der Waals surface area contributed by atoms with Crippen LogP contribution in [0.15, 0.2) is 18.5 Å². The van der Waals surface area contributed by atoms with Gasteiger partial charge >= 0.3 is 0 Å². The van der Waals surface area contributed by atoms with Crippen LogP contribution in [0.2, 0.25) is 0 Å². The summed E-state index contributed by atoms with van der Waals surface area (Å²) < 4.78 is 27.5. The first-order chi connectivity index (χ1) is 8.03. The monoisotopic (exact) mass is 279 g/mol. The van der Waals surface area contributed by atoms with E-state index in [2.05, 4.69) is 9.82 Å². The molecule has 0 radical (unpaired) electrons. The molecule has 0 saturated carbocycles. The Hall–Kier alpha value is -0.590. The summed E-state index contributed by atoms with van der Waals surface area (Å²) in [6.07, 6.45) is 4.27. The van der Waals surface area contributed by atoms with Gasteiger partial charge in [-0.2, -0.15) is 5.10 Å². The van der Waals surface area contributed by atoms with E-state index in [-0.39, 0.29) is 11.7 Å². The van der Waals surface area contributed by atoms with Crippen LogP contribution in [0.1, 0.15) is 13.3 Å². The quantitative estimate of drug-likeness (QED) is 0.572. The summed E-state index contributed by atoms with van der Waals surface area (Å²) in [5.74, 6) is 0.409. The van der Waals surface area contributed by atoms with E-state index in [1.165, 1.54) is 0 Å². The van der Waals surface area contributed by atoms with Crippen molar-refractivity contribution < 1.29 is 8.42 Å². The first kappa shape index (κ1) is 14.5. The minimum atomic E-state index is -3.20. The maximum Gasteiger partial charge on any atom is 0.211 e. The highest BCUT2D eigenvalue weighted by molar-refractivity contribution is 7.89. The van der Waals surface area contributed by atoms with Crippen LogP contribution in [0, 0.1) is 5.92 Å². The fourth-order valence-corrected chi connectivity index (χ4v) is 3.06. The zero-order valence-corrected chi connectivity index (χ0v) is 11.4. The number of halogens is 1. The Kier molecular flexibility index (Phi) is 5.94. The van der Waals surface area contributed by atoms with Crippen molar-refractivity contribution in [2.75, 3.05) is 18.2 Å². The van der Waals surface area contributed by atoms with Crippen molar-refractivity contribution in [3.63, 3.8) is 0 Å². The molecule has 0 fully saturated rings. The molecule has 1 heterocycles. The molecule has 0 aliphatic heterocycles. The fraction of sp³-hybridized carbons (Fsp3) is 0.700. The lowest BCUT2D eigenvalue weighted by molar-refractivity contribution is 0.546. The smallest absolute Gasteiger partial charge is 0.211 e. The summed E-state index contributed by atoms with van der Waals surface area (Å²) in [5, 5.41) is 4.03. The fourth-order valence-electron chi connectivity index (χ4n) is 1.38. The number of rotatable bonds is 8. The lowest BCUT2D eigenvalue weighted by Gasteiger charge is -2.10. The van der Waals surface area contributed by atoms with Gasteiger partial charge in [0.05, 0.1) is 5.75 Å². The molecule has 1 unspecified atom stereocenters. The number of aromatic nitrogens is 2. The SMILES string of the molecule is CC(CCl)CS(=O)(=O)NCCCn1cccn1. The van der Waals surface area contributed by atoms with Crippen LogP contribution in [-0.2, 0) is 16.6 Å². The van der Waals surface area contributed by atoms with Gasteiger partial charge in [0.2, 0.25) is 10.0 Å². The molecule has 0 aliphatic rings. The number of nitrogens with zero attached hydrogens (tertiary/aromatic N) is 2. The minimum Gasteiger partial charge on any atom is -0.273 e. The molecule has 1 N–H and O–H groups in total. The molecule has 1 rings (SSSR count). The highest BCUT2D eigenvalue weighted by Crippen LogP contribution is 2.02. The molecule has 0 aliphatic carbocycles. The Morgan fingerprint density at radius 2 is 2.29 bits per heavy atom. The van der Waals surface area contributed by atoms with Gasteiger partial charge in [0.25, 0.3) is 0 Å². The van der Waals surface area contributed by atoms with E-state index in [0.29, 0.717) is 19.0 Å². The van der Waals surface area contributed by atoms with E-state index in [0.717, 1.165) is 6.42 Å². The third kappa shape index (κ3) is 6.05. The second kappa shape index (κ2) is 6.98. The Bertz CT molecular complexity index is 405. The Morgan fingerprint density at radius 1 is 1.53 bits per heavy atom. The van der Waals surface area contributed by atoms with Crippen molar-refractivity contribution >= 4 is 21.6 Å². The van der Waals surface area contributed by atoms with Gasteiger partial charge in [-0.25, -0.2) is 13.1 Å². The van der Waals surface area contributed by atoms with E-state index in [4.69, 9.17) is 11.6 Å². The van der Waals surface area contributed by atoms with Gasteiger partial charge in [-0.05, 0) is 18.4 Å². The summed E-state index contributed by atoms with van der Waals surface area (Å²) in [6, 6.07) is 1.84. The van der Waals surface area contributed by atoms with E-state index in [1.807, 2.05) is 19.2 Å². The normalized spacial score (nSPS) is 13.8. The van der Waals surface area contributed by atoms with Crippen LogP contribution in [0.25, 0.3) is 0 Å². The number of alkyl halides is 1. The number of nitrogens with one attached hydrogen (secondary N) is 1. The second-order valence-electron chi connectivity index (χ2n) is 4.06. The van der Waals surface area contributed by atoms with Gasteiger partial charge in [0, 0.05) is 31.4 Å². The largest absolute Gasteiger partial charge is 0.273 e. The van der Waals surface area contributed by atoms with E-state index in [9.17, 15) is 8.42 Å². The zero-order valence-electron chi connectivity index (χ0n) is 9.84. The summed E-state index contributed by atoms with van der Waals surface area (Å²) >= 11 is 5.58. The van der Waals surface area contributed by atoms with Crippen molar-refractivity contribution in [1.82, 2.24) is 14.5 Å². The van der Waals surface area contributed by atoms with Crippen LogP contribution >= 0.6 is 11.6 Å². The maximum absolute atomic E-state index is 11.6. The lowest BCUT2D eigenvalue weighted by Crippen LogP contribution is -2.30. The molecule has 7 heteroatoms. The van der Waals surface area contributed by atoms with Crippen molar-refractivity contribution in [1.29, 1.82) is 0 Å².